The van der Waals surface area contributed by atoms with Crippen molar-refractivity contribution in [2.24, 2.45) is 0 Å². The van der Waals surface area contributed by atoms with Crippen molar-refractivity contribution in [3.63, 3.8) is 0 Å². The molecule has 0 unspecified atom stereocenters. The van der Waals surface area contributed by atoms with Crippen molar-refractivity contribution in [3.05, 3.63) is 64.1 Å². The van der Waals surface area contributed by atoms with Gasteiger partial charge in [0.1, 0.15) is 5.25 Å². The topological polar surface area (TPSA) is 37.3 Å². The van der Waals surface area contributed by atoms with Crippen LogP contribution < -0.4 is 0 Å². The van der Waals surface area contributed by atoms with Gasteiger partial charge >= 0.3 is 5.97 Å². The average molecular weight is 313 g/mol. The fourth-order valence-corrected chi connectivity index (χ4v) is 3.09. The predicted molar refractivity (Wildman–Crippen MR) is 79.1 cm³/mol. The first-order valence-electron chi connectivity index (χ1n) is 5.47. The number of hydrogen-bond donors (Lipinski definition) is 1. The van der Waals surface area contributed by atoms with Crippen molar-refractivity contribution in [2.75, 3.05) is 0 Å². The molecule has 2 aromatic rings. The molecule has 1 atom stereocenters. The highest BCUT2D eigenvalue weighted by molar-refractivity contribution is 8.00. The second-order valence-electron chi connectivity index (χ2n) is 3.82. The van der Waals surface area contributed by atoms with Crippen molar-refractivity contribution >= 4 is 40.9 Å². The maximum Gasteiger partial charge on any atom is 0.321 e. The van der Waals surface area contributed by atoms with Crippen LogP contribution in [0.4, 0.5) is 0 Å². The molecule has 0 fully saturated rings. The van der Waals surface area contributed by atoms with Crippen LogP contribution in [0.2, 0.25) is 10.0 Å². The summed E-state index contributed by atoms with van der Waals surface area (Å²) in [4.78, 5) is 12.1. The smallest absolute Gasteiger partial charge is 0.321 e. The third-order valence-electron chi connectivity index (χ3n) is 2.46. The van der Waals surface area contributed by atoms with Crippen LogP contribution in [0.5, 0.6) is 0 Å². The molecular formula is C14H10Cl2O2S. The van der Waals surface area contributed by atoms with Gasteiger partial charge in [-0.1, -0.05) is 53.5 Å². The van der Waals surface area contributed by atoms with E-state index in [9.17, 15) is 9.90 Å². The summed E-state index contributed by atoms with van der Waals surface area (Å²) in [5, 5.41) is 9.67. The maximum absolute atomic E-state index is 11.4. The van der Waals surface area contributed by atoms with Crippen LogP contribution in [0.1, 0.15) is 10.8 Å². The lowest BCUT2D eigenvalue weighted by Crippen LogP contribution is -2.07. The van der Waals surface area contributed by atoms with E-state index in [1.165, 1.54) is 11.8 Å². The Hall–Kier alpha value is -1.16. The molecule has 0 bridgehead atoms. The first-order chi connectivity index (χ1) is 9.08. The van der Waals surface area contributed by atoms with Crippen molar-refractivity contribution in [2.45, 2.75) is 10.1 Å². The van der Waals surface area contributed by atoms with Crippen molar-refractivity contribution < 1.29 is 9.90 Å². The number of benzene rings is 2. The molecule has 0 amide bonds. The van der Waals surface area contributed by atoms with Gasteiger partial charge in [0.25, 0.3) is 0 Å². The van der Waals surface area contributed by atoms with Gasteiger partial charge in [-0.15, -0.1) is 11.8 Å². The highest BCUT2D eigenvalue weighted by Crippen LogP contribution is 2.39. The Morgan fingerprint density at radius 3 is 2.42 bits per heavy atom. The summed E-state index contributed by atoms with van der Waals surface area (Å²) < 4.78 is 0. The minimum atomic E-state index is -0.910. The first kappa shape index (κ1) is 14.3. The monoisotopic (exact) mass is 312 g/mol. The van der Waals surface area contributed by atoms with E-state index in [1.54, 1.807) is 30.3 Å². The lowest BCUT2D eigenvalue weighted by molar-refractivity contribution is -0.136. The molecule has 0 saturated heterocycles. The van der Waals surface area contributed by atoms with Gasteiger partial charge in [-0.25, -0.2) is 0 Å². The fourth-order valence-electron chi connectivity index (χ4n) is 1.58. The lowest BCUT2D eigenvalue weighted by atomic mass is 10.1. The van der Waals surface area contributed by atoms with Crippen LogP contribution in [-0.2, 0) is 4.79 Å². The molecule has 2 nitrogen and oxygen atoms in total. The average Bonchev–Trinajstić information content (AvgIpc) is 2.40. The zero-order valence-electron chi connectivity index (χ0n) is 9.72. The molecule has 19 heavy (non-hydrogen) atoms. The Morgan fingerprint density at radius 2 is 1.79 bits per heavy atom. The molecule has 0 heterocycles. The fraction of sp³-hybridized carbons (Fsp3) is 0.0714. The van der Waals surface area contributed by atoms with E-state index in [0.29, 0.717) is 14.9 Å². The molecule has 5 heteroatoms. The standard InChI is InChI=1S/C14H10Cl2O2S/c15-10-6-7-11(16)12(8-10)19-13(14(17)18)9-4-2-1-3-5-9/h1-8,13H,(H,17,18)/t13-/m1/s1. The number of aliphatic carboxylic acids is 1. The highest BCUT2D eigenvalue weighted by Gasteiger charge is 2.22. The highest BCUT2D eigenvalue weighted by atomic mass is 35.5. The van der Waals surface area contributed by atoms with Crippen LogP contribution in [0.15, 0.2) is 53.4 Å². The Bertz CT molecular complexity index is 587. The summed E-state index contributed by atoms with van der Waals surface area (Å²) in [5.41, 5.74) is 0.719. The number of carboxylic acid groups (broad SMARTS) is 1. The van der Waals surface area contributed by atoms with E-state index in [4.69, 9.17) is 23.2 Å². The number of thioether (sulfide) groups is 1. The van der Waals surface area contributed by atoms with Crippen LogP contribution in [0.3, 0.4) is 0 Å². The third kappa shape index (κ3) is 3.66. The maximum atomic E-state index is 11.4. The molecule has 0 aliphatic heterocycles. The Balaban J connectivity index is 2.32. The summed E-state index contributed by atoms with van der Waals surface area (Å²) in [5.74, 6) is -0.910. The van der Waals surface area contributed by atoms with Crippen molar-refractivity contribution in [1.82, 2.24) is 0 Å². The molecule has 0 radical (unpaired) electrons. The number of hydrogen-bond acceptors (Lipinski definition) is 2. The van der Waals surface area contributed by atoms with E-state index >= 15 is 0 Å². The molecule has 0 aromatic heterocycles. The van der Waals surface area contributed by atoms with Crippen LogP contribution >= 0.6 is 35.0 Å². The normalized spacial score (nSPS) is 12.1. The minimum absolute atomic E-state index is 0.497. The molecule has 0 spiro atoms. The third-order valence-corrected chi connectivity index (χ3v) is 4.44. The van der Waals surface area contributed by atoms with Crippen LogP contribution in [-0.4, -0.2) is 11.1 Å². The molecular weight excluding hydrogens is 303 g/mol. The first-order valence-corrected chi connectivity index (χ1v) is 7.11. The minimum Gasteiger partial charge on any atom is -0.480 e. The molecule has 1 N–H and O–H groups in total. The number of carboxylic acids is 1. The molecule has 2 aromatic carbocycles. The van der Waals surface area contributed by atoms with Gasteiger partial charge in [0.15, 0.2) is 0 Å². The zero-order chi connectivity index (χ0) is 13.8. The Kier molecular flexibility index (Phi) is 4.75. The van der Waals surface area contributed by atoms with Crippen LogP contribution in [0.25, 0.3) is 0 Å². The predicted octanol–water partition coefficient (Wildman–Crippen LogP) is 4.91. The largest absolute Gasteiger partial charge is 0.480 e. The SMILES string of the molecule is O=C(O)[C@H](Sc1cc(Cl)ccc1Cl)c1ccccc1. The van der Waals surface area contributed by atoms with Crippen LogP contribution in [0, 0.1) is 0 Å². The quantitative estimate of drug-likeness (QED) is 0.815. The van der Waals surface area contributed by atoms with E-state index in [0.717, 1.165) is 5.56 Å². The van der Waals surface area contributed by atoms with Crippen molar-refractivity contribution in [1.29, 1.82) is 0 Å². The summed E-state index contributed by atoms with van der Waals surface area (Å²) in [6.45, 7) is 0. The van der Waals surface area contributed by atoms with Gasteiger partial charge in [0.2, 0.25) is 0 Å². The summed E-state index contributed by atoms with van der Waals surface area (Å²) in [6.07, 6.45) is 0. The van der Waals surface area contributed by atoms with Gasteiger partial charge in [-0.2, -0.15) is 0 Å². The van der Waals surface area contributed by atoms with Gasteiger partial charge in [-0.05, 0) is 23.8 Å². The zero-order valence-corrected chi connectivity index (χ0v) is 12.0. The molecule has 2 rings (SSSR count). The van der Waals surface area contributed by atoms with E-state index in [2.05, 4.69) is 0 Å². The molecule has 0 saturated carbocycles. The Morgan fingerprint density at radius 1 is 1.11 bits per heavy atom. The van der Waals surface area contributed by atoms with E-state index in [1.807, 2.05) is 18.2 Å². The van der Waals surface area contributed by atoms with Gasteiger partial charge < -0.3 is 5.11 Å². The second-order valence-corrected chi connectivity index (χ2v) is 5.81. The molecule has 98 valence electrons. The second kappa shape index (κ2) is 6.33. The number of carbonyl (C=O) groups is 1. The van der Waals surface area contributed by atoms with E-state index in [-0.39, 0.29) is 0 Å². The number of halogens is 2. The Labute approximate surface area is 125 Å². The summed E-state index contributed by atoms with van der Waals surface area (Å²) in [6, 6.07) is 14.0. The van der Waals surface area contributed by atoms with Crippen molar-refractivity contribution in [3.8, 4) is 0 Å². The van der Waals surface area contributed by atoms with Gasteiger partial charge in [-0.3, -0.25) is 4.79 Å². The van der Waals surface area contributed by atoms with Gasteiger partial charge in [0, 0.05) is 9.92 Å². The number of rotatable bonds is 4. The lowest BCUT2D eigenvalue weighted by Gasteiger charge is -2.13. The van der Waals surface area contributed by atoms with E-state index < -0.39 is 11.2 Å². The summed E-state index contributed by atoms with van der Waals surface area (Å²) in [7, 11) is 0. The summed E-state index contributed by atoms with van der Waals surface area (Å²) >= 11 is 13.1. The molecule has 0 aliphatic carbocycles. The van der Waals surface area contributed by atoms with Gasteiger partial charge in [0.05, 0.1) is 5.02 Å². The molecule has 0 aliphatic rings.